The van der Waals surface area contributed by atoms with Gasteiger partial charge >= 0.3 is 12.2 Å². The molecule has 1 aromatic heterocycles. The van der Waals surface area contributed by atoms with Gasteiger partial charge < -0.3 is 9.47 Å². The standard InChI is InChI=1S/C14H19ClFN3O4/c1-13(2,3)22-11(20)19(12(21)23-14(4,5)6)9-8(16)7-17-10(15)18-9/h7H,1-6H3. The van der Waals surface area contributed by atoms with Gasteiger partial charge in [0.1, 0.15) is 11.2 Å². The topological polar surface area (TPSA) is 81.6 Å². The smallest absolute Gasteiger partial charge is 0.425 e. The van der Waals surface area contributed by atoms with Gasteiger partial charge in [-0.2, -0.15) is 9.88 Å². The van der Waals surface area contributed by atoms with E-state index in [4.69, 9.17) is 21.1 Å². The third-order valence-corrected chi connectivity index (χ3v) is 2.24. The maximum Gasteiger partial charge on any atom is 0.425 e. The van der Waals surface area contributed by atoms with E-state index in [1.165, 1.54) is 0 Å². The Balaban J connectivity index is 3.28. The van der Waals surface area contributed by atoms with Gasteiger partial charge in [-0.1, -0.05) is 0 Å². The van der Waals surface area contributed by atoms with Crippen LogP contribution in [0.4, 0.5) is 19.8 Å². The molecule has 0 unspecified atom stereocenters. The van der Waals surface area contributed by atoms with Crippen molar-refractivity contribution in [3.8, 4) is 0 Å². The van der Waals surface area contributed by atoms with E-state index in [1.54, 1.807) is 41.5 Å². The largest absolute Gasteiger partial charge is 0.443 e. The monoisotopic (exact) mass is 347 g/mol. The molecule has 1 rings (SSSR count). The van der Waals surface area contributed by atoms with E-state index in [0.29, 0.717) is 4.90 Å². The van der Waals surface area contributed by atoms with Gasteiger partial charge in [-0.05, 0) is 53.1 Å². The van der Waals surface area contributed by atoms with Crippen LogP contribution in [0.25, 0.3) is 0 Å². The summed E-state index contributed by atoms with van der Waals surface area (Å²) < 4.78 is 24.2. The lowest BCUT2D eigenvalue weighted by Crippen LogP contribution is -2.44. The minimum atomic E-state index is -1.14. The Hall–Kier alpha value is -1.96. The minimum absolute atomic E-state index is 0.335. The van der Waals surface area contributed by atoms with Crippen molar-refractivity contribution in [1.82, 2.24) is 9.97 Å². The van der Waals surface area contributed by atoms with Crippen LogP contribution < -0.4 is 4.90 Å². The summed E-state index contributed by atoms with van der Waals surface area (Å²) in [4.78, 5) is 31.9. The summed E-state index contributed by atoms with van der Waals surface area (Å²) in [5, 5.41) is -0.335. The molecule has 0 saturated carbocycles. The van der Waals surface area contributed by atoms with Gasteiger partial charge in [-0.15, -0.1) is 0 Å². The van der Waals surface area contributed by atoms with Crippen LogP contribution in [0.5, 0.6) is 0 Å². The summed E-state index contributed by atoms with van der Waals surface area (Å²) in [5.41, 5.74) is -1.82. The van der Waals surface area contributed by atoms with Crippen LogP contribution in [-0.4, -0.2) is 33.4 Å². The zero-order valence-electron chi connectivity index (χ0n) is 13.8. The molecule has 0 atom stereocenters. The number of hydrogen-bond donors (Lipinski definition) is 0. The summed E-state index contributed by atoms with van der Waals surface area (Å²) in [6.45, 7) is 9.59. The van der Waals surface area contributed by atoms with Gasteiger partial charge in [-0.25, -0.2) is 19.0 Å². The number of imide groups is 1. The summed E-state index contributed by atoms with van der Waals surface area (Å²) in [6.07, 6.45) is -1.53. The molecule has 0 aliphatic heterocycles. The molecule has 0 fully saturated rings. The molecule has 1 heterocycles. The molecular weight excluding hydrogens is 329 g/mol. The lowest BCUT2D eigenvalue weighted by atomic mass is 10.2. The Morgan fingerprint density at radius 1 is 1.09 bits per heavy atom. The number of aromatic nitrogens is 2. The minimum Gasteiger partial charge on any atom is -0.443 e. The Bertz CT molecular complexity index is 583. The van der Waals surface area contributed by atoms with Gasteiger partial charge in [0.05, 0.1) is 6.20 Å². The third kappa shape index (κ3) is 5.97. The van der Waals surface area contributed by atoms with Gasteiger partial charge in [0.15, 0.2) is 11.6 Å². The molecule has 0 aliphatic carbocycles. The maximum atomic E-state index is 14.0. The first-order valence-electron chi connectivity index (χ1n) is 6.74. The summed E-state index contributed by atoms with van der Waals surface area (Å²) in [6, 6.07) is 0. The van der Waals surface area contributed by atoms with Crippen molar-refractivity contribution in [3.05, 3.63) is 17.3 Å². The van der Waals surface area contributed by atoms with Crippen LogP contribution in [0, 0.1) is 5.82 Å². The molecule has 128 valence electrons. The number of amides is 2. The van der Waals surface area contributed by atoms with Crippen LogP contribution in [0.2, 0.25) is 5.28 Å². The van der Waals surface area contributed by atoms with E-state index in [1.807, 2.05) is 0 Å². The van der Waals surface area contributed by atoms with Crippen molar-refractivity contribution < 1.29 is 23.5 Å². The van der Waals surface area contributed by atoms with E-state index in [-0.39, 0.29) is 5.28 Å². The zero-order valence-corrected chi connectivity index (χ0v) is 14.6. The van der Waals surface area contributed by atoms with Crippen molar-refractivity contribution in [2.24, 2.45) is 0 Å². The molecule has 7 nitrogen and oxygen atoms in total. The Labute approximate surface area is 138 Å². The first-order chi connectivity index (χ1) is 10.3. The molecule has 0 radical (unpaired) electrons. The van der Waals surface area contributed by atoms with Crippen molar-refractivity contribution in [2.45, 2.75) is 52.7 Å². The van der Waals surface area contributed by atoms with Gasteiger partial charge in [0.25, 0.3) is 0 Å². The molecule has 0 spiro atoms. The predicted molar refractivity (Wildman–Crippen MR) is 81.9 cm³/mol. The number of hydrogen-bond acceptors (Lipinski definition) is 6. The molecule has 9 heteroatoms. The first-order valence-corrected chi connectivity index (χ1v) is 7.12. The Kier molecular flexibility index (Phi) is 5.52. The van der Waals surface area contributed by atoms with Crippen LogP contribution >= 0.6 is 11.6 Å². The summed E-state index contributed by atoms with van der Waals surface area (Å²) in [7, 11) is 0. The fraction of sp³-hybridized carbons (Fsp3) is 0.571. The van der Waals surface area contributed by atoms with E-state index in [2.05, 4.69) is 9.97 Å². The predicted octanol–water partition coefficient (Wildman–Crippen LogP) is 3.95. The van der Waals surface area contributed by atoms with Crippen molar-refractivity contribution in [2.75, 3.05) is 4.90 Å². The molecular formula is C14H19ClFN3O4. The van der Waals surface area contributed by atoms with Crippen LogP contribution in [-0.2, 0) is 9.47 Å². The van der Waals surface area contributed by atoms with E-state index < -0.39 is 35.0 Å². The number of ether oxygens (including phenoxy) is 2. The molecule has 0 aliphatic rings. The lowest BCUT2D eigenvalue weighted by Gasteiger charge is -2.28. The van der Waals surface area contributed by atoms with Crippen molar-refractivity contribution in [3.63, 3.8) is 0 Å². The quantitative estimate of drug-likeness (QED) is 0.715. The molecule has 0 N–H and O–H groups in total. The highest BCUT2D eigenvalue weighted by Gasteiger charge is 2.35. The second kappa shape index (κ2) is 6.66. The average molecular weight is 348 g/mol. The second-order valence-electron chi connectivity index (χ2n) is 6.61. The van der Waals surface area contributed by atoms with Gasteiger partial charge in [0, 0.05) is 0 Å². The summed E-state index contributed by atoms with van der Waals surface area (Å²) >= 11 is 5.62. The molecule has 1 aromatic rings. The van der Waals surface area contributed by atoms with E-state index in [9.17, 15) is 14.0 Å². The van der Waals surface area contributed by atoms with Gasteiger partial charge in [-0.3, -0.25) is 0 Å². The number of halogens is 2. The number of nitrogens with zero attached hydrogens (tertiary/aromatic N) is 3. The highest BCUT2D eigenvalue weighted by molar-refractivity contribution is 6.28. The van der Waals surface area contributed by atoms with Gasteiger partial charge in [0.2, 0.25) is 5.28 Å². The molecule has 23 heavy (non-hydrogen) atoms. The van der Waals surface area contributed by atoms with E-state index in [0.717, 1.165) is 6.20 Å². The van der Waals surface area contributed by atoms with Crippen LogP contribution in [0.1, 0.15) is 41.5 Å². The molecule has 2 amide bonds. The fourth-order valence-electron chi connectivity index (χ4n) is 1.36. The number of carbonyl (C=O) groups is 2. The number of carbonyl (C=O) groups excluding carboxylic acids is 2. The Morgan fingerprint density at radius 2 is 1.52 bits per heavy atom. The highest BCUT2D eigenvalue weighted by Crippen LogP contribution is 2.23. The number of rotatable bonds is 1. The van der Waals surface area contributed by atoms with Crippen LogP contribution in [0.3, 0.4) is 0 Å². The SMILES string of the molecule is CC(C)(C)OC(=O)N(C(=O)OC(C)(C)C)c1nc(Cl)ncc1F. The molecule has 0 aromatic carbocycles. The number of anilines is 1. The highest BCUT2D eigenvalue weighted by atomic mass is 35.5. The first kappa shape index (κ1) is 19.1. The maximum absolute atomic E-state index is 14.0. The zero-order chi connectivity index (χ0) is 18.0. The average Bonchev–Trinajstić information content (AvgIpc) is 2.29. The Morgan fingerprint density at radius 3 is 1.91 bits per heavy atom. The molecule has 0 bridgehead atoms. The summed E-state index contributed by atoms with van der Waals surface area (Å²) in [5.74, 6) is -1.67. The van der Waals surface area contributed by atoms with E-state index >= 15 is 0 Å². The van der Waals surface area contributed by atoms with Crippen LogP contribution in [0.15, 0.2) is 6.20 Å². The third-order valence-electron chi connectivity index (χ3n) is 2.06. The molecule has 0 saturated heterocycles. The normalized spacial score (nSPS) is 11.8. The fourth-order valence-corrected chi connectivity index (χ4v) is 1.49. The lowest BCUT2D eigenvalue weighted by molar-refractivity contribution is 0.0427. The van der Waals surface area contributed by atoms with Crippen molar-refractivity contribution >= 4 is 29.6 Å². The second-order valence-corrected chi connectivity index (χ2v) is 6.94. The van der Waals surface area contributed by atoms with Crippen molar-refractivity contribution in [1.29, 1.82) is 0 Å².